The molecule has 0 aliphatic carbocycles. The normalized spacial score (nSPS) is 10.6. The Morgan fingerprint density at radius 1 is 1.27 bits per heavy atom. The number of carbonyl (C=O) groups excluding carboxylic acids is 1. The number of aromatic hydroxyl groups is 1. The summed E-state index contributed by atoms with van der Waals surface area (Å²) in [6.07, 6.45) is 1.24. The summed E-state index contributed by atoms with van der Waals surface area (Å²) >= 11 is 5.74. The number of hydrogen-bond donors (Lipinski definition) is 2. The Labute approximate surface area is 130 Å². The van der Waals surface area contributed by atoms with E-state index in [1.54, 1.807) is 12.1 Å². The van der Waals surface area contributed by atoms with E-state index in [-0.39, 0.29) is 22.0 Å². The summed E-state index contributed by atoms with van der Waals surface area (Å²) < 4.78 is 0. The monoisotopic (exact) mass is 319 g/mol. The maximum absolute atomic E-state index is 11.8. The Morgan fingerprint density at radius 3 is 2.59 bits per heavy atom. The van der Waals surface area contributed by atoms with Crippen LogP contribution in [0, 0.1) is 10.1 Å². The van der Waals surface area contributed by atoms with Crippen LogP contribution in [0.3, 0.4) is 0 Å². The molecule has 2 rings (SSSR count). The number of phenolic OH excluding ortho intramolecular Hbond substituents is 1. The van der Waals surface area contributed by atoms with Crippen LogP contribution in [0.4, 0.5) is 5.69 Å². The highest BCUT2D eigenvalue weighted by Crippen LogP contribution is 2.25. The Morgan fingerprint density at radius 2 is 1.95 bits per heavy atom. The molecule has 0 atom stereocenters. The number of hydrazone groups is 1. The number of halogens is 1. The minimum Gasteiger partial charge on any atom is -0.506 e. The van der Waals surface area contributed by atoms with E-state index in [9.17, 15) is 20.0 Å². The van der Waals surface area contributed by atoms with Crippen molar-refractivity contribution in [3.8, 4) is 5.75 Å². The number of carbonyl (C=O) groups is 1. The number of non-ortho nitro benzene ring substituents is 1. The van der Waals surface area contributed by atoms with Gasteiger partial charge in [0.05, 0.1) is 16.2 Å². The van der Waals surface area contributed by atoms with Gasteiger partial charge in [-0.1, -0.05) is 17.7 Å². The Hall–Kier alpha value is -2.93. The number of nitrogens with zero attached hydrogens (tertiary/aromatic N) is 2. The third-order valence-electron chi connectivity index (χ3n) is 2.73. The van der Waals surface area contributed by atoms with E-state index in [1.807, 2.05) is 0 Å². The summed E-state index contributed by atoms with van der Waals surface area (Å²) in [5, 5.41) is 24.1. The van der Waals surface area contributed by atoms with Gasteiger partial charge in [0.1, 0.15) is 5.75 Å². The number of rotatable bonds is 4. The second kappa shape index (κ2) is 6.68. The molecular formula is C14H10ClN3O4. The largest absolute Gasteiger partial charge is 0.506 e. The summed E-state index contributed by atoms with van der Waals surface area (Å²) in [6, 6.07) is 9.80. The molecule has 0 saturated heterocycles. The summed E-state index contributed by atoms with van der Waals surface area (Å²) in [6.45, 7) is 0. The predicted molar refractivity (Wildman–Crippen MR) is 81.3 cm³/mol. The van der Waals surface area contributed by atoms with E-state index in [2.05, 4.69) is 10.5 Å². The molecule has 0 fully saturated rings. The molecular weight excluding hydrogens is 310 g/mol. The minimum absolute atomic E-state index is 0.107. The Bertz CT molecular complexity index is 744. The van der Waals surface area contributed by atoms with Crippen LogP contribution in [0.1, 0.15) is 15.9 Å². The zero-order valence-electron chi connectivity index (χ0n) is 11.1. The van der Waals surface area contributed by atoms with Crippen molar-refractivity contribution >= 4 is 29.4 Å². The average Bonchev–Trinajstić information content (AvgIpc) is 2.51. The van der Waals surface area contributed by atoms with E-state index in [0.29, 0.717) is 5.56 Å². The smallest absolute Gasteiger partial charge is 0.271 e. The maximum atomic E-state index is 11.8. The molecule has 112 valence electrons. The van der Waals surface area contributed by atoms with Crippen LogP contribution in [0.25, 0.3) is 0 Å². The van der Waals surface area contributed by atoms with Crippen LogP contribution in [0.2, 0.25) is 5.02 Å². The van der Waals surface area contributed by atoms with Crippen molar-refractivity contribution < 1.29 is 14.8 Å². The van der Waals surface area contributed by atoms with E-state index < -0.39 is 10.8 Å². The van der Waals surface area contributed by atoms with Gasteiger partial charge in [0.25, 0.3) is 11.6 Å². The minimum atomic E-state index is -0.554. The molecule has 1 amide bonds. The Balaban J connectivity index is 2.04. The van der Waals surface area contributed by atoms with Crippen molar-refractivity contribution in [3.05, 3.63) is 68.7 Å². The zero-order valence-corrected chi connectivity index (χ0v) is 11.8. The van der Waals surface area contributed by atoms with Crippen LogP contribution >= 0.6 is 11.6 Å². The molecule has 0 spiro atoms. The average molecular weight is 320 g/mol. The lowest BCUT2D eigenvalue weighted by molar-refractivity contribution is -0.384. The molecule has 0 unspecified atom stereocenters. The molecule has 0 bridgehead atoms. The lowest BCUT2D eigenvalue weighted by atomic mass is 10.2. The number of nitro groups is 1. The number of benzene rings is 2. The lowest BCUT2D eigenvalue weighted by Crippen LogP contribution is -2.17. The highest BCUT2D eigenvalue weighted by Gasteiger charge is 2.08. The first-order chi connectivity index (χ1) is 10.5. The molecule has 0 heterocycles. The highest BCUT2D eigenvalue weighted by atomic mass is 35.5. The van der Waals surface area contributed by atoms with Gasteiger partial charge in [0.2, 0.25) is 0 Å². The van der Waals surface area contributed by atoms with Gasteiger partial charge in [-0.05, 0) is 24.3 Å². The fourth-order valence-electron chi connectivity index (χ4n) is 1.60. The van der Waals surface area contributed by atoms with E-state index in [1.165, 1.54) is 36.5 Å². The van der Waals surface area contributed by atoms with E-state index >= 15 is 0 Å². The van der Waals surface area contributed by atoms with Gasteiger partial charge in [-0.3, -0.25) is 14.9 Å². The van der Waals surface area contributed by atoms with Crippen LogP contribution < -0.4 is 5.43 Å². The van der Waals surface area contributed by atoms with Crippen molar-refractivity contribution in [2.45, 2.75) is 0 Å². The summed E-state index contributed by atoms with van der Waals surface area (Å²) in [5.74, 6) is -0.676. The molecule has 0 aromatic heterocycles. The number of amides is 1. The molecule has 7 nitrogen and oxygen atoms in total. The fourth-order valence-corrected chi connectivity index (χ4v) is 1.78. The van der Waals surface area contributed by atoms with Gasteiger partial charge in [0.15, 0.2) is 0 Å². The molecule has 0 aliphatic rings. The molecule has 2 N–H and O–H groups in total. The van der Waals surface area contributed by atoms with Crippen LogP contribution in [-0.4, -0.2) is 22.2 Å². The van der Waals surface area contributed by atoms with Crippen LogP contribution in [-0.2, 0) is 0 Å². The summed E-state index contributed by atoms with van der Waals surface area (Å²) in [5.41, 5.74) is 2.71. The fraction of sp³-hybridized carbons (Fsp3) is 0. The SMILES string of the molecule is O=C(NN=Cc1cccc(Cl)c1O)c1ccc([N+](=O)[O-])cc1. The molecule has 8 heteroatoms. The number of hydrogen-bond acceptors (Lipinski definition) is 5. The van der Waals surface area contributed by atoms with E-state index in [4.69, 9.17) is 11.6 Å². The first kappa shape index (κ1) is 15.5. The zero-order chi connectivity index (χ0) is 16.1. The summed E-state index contributed by atoms with van der Waals surface area (Å²) in [7, 11) is 0. The highest BCUT2D eigenvalue weighted by molar-refractivity contribution is 6.32. The second-order valence-corrected chi connectivity index (χ2v) is 4.59. The van der Waals surface area contributed by atoms with Crippen molar-refractivity contribution in [1.29, 1.82) is 0 Å². The predicted octanol–water partition coefficient (Wildman–Crippen LogP) is 2.72. The Kier molecular flexibility index (Phi) is 4.70. The number of nitro benzene ring substituents is 1. The van der Waals surface area contributed by atoms with Gasteiger partial charge in [0, 0.05) is 23.3 Å². The van der Waals surface area contributed by atoms with E-state index in [0.717, 1.165) is 0 Å². The van der Waals surface area contributed by atoms with Crippen molar-refractivity contribution in [2.75, 3.05) is 0 Å². The molecule has 22 heavy (non-hydrogen) atoms. The van der Waals surface area contributed by atoms with Crippen LogP contribution in [0.15, 0.2) is 47.6 Å². The van der Waals surface area contributed by atoms with Gasteiger partial charge >= 0.3 is 0 Å². The van der Waals surface area contributed by atoms with Crippen molar-refractivity contribution in [1.82, 2.24) is 5.43 Å². The molecule has 2 aromatic carbocycles. The van der Waals surface area contributed by atoms with Gasteiger partial charge in [-0.15, -0.1) is 0 Å². The first-order valence-electron chi connectivity index (χ1n) is 6.04. The van der Waals surface area contributed by atoms with Gasteiger partial charge < -0.3 is 5.11 Å². The van der Waals surface area contributed by atoms with Crippen LogP contribution in [0.5, 0.6) is 5.75 Å². The van der Waals surface area contributed by atoms with Gasteiger partial charge in [-0.2, -0.15) is 5.10 Å². The summed E-state index contributed by atoms with van der Waals surface area (Å²) in [4.78, 5) is 21.7. The topological polar surface area (TPSA) is 105 Å². The van der Waals surface area contributed by atoms with Crippen molar-refractivity contribution in [2.24, 2.45) is 5.10 Å². The first-order valence-corrected chi connectivity index (χ1v) is 6.42. The maximum Gasteiger partial charge on any atom is 0.271 e. The standard InChI is InChI=1S/C14H10ClN3O4/c15-12-3-1-2-10(13(12)19)8-16-17-14(20)9-4-6-11(7-5-9)18(21)22/h1-8,19H,(H,17,20). The quantitative estimate of drug-likeness (QED) is 0.513. The van der Waals surface area contributed by atoms with Crippen molar-refractivity contribution in [3.63, 3.8) is 0 Å². The third kappa shape index (κ3) is 3.58. The number of phenols is 1. The molecule has 2 aromatic rings. The van der Waals surface area contributed by atoms with Gasteiger partial charge in [-0.25, -0.2) is 5.43 Å². The molecule has 0 saturated carbocycles. The second-order valence-electron chi connectivity index (χ2n) is 4.18. The number of para-hydroxylation sites is 1. The molecule has 0 radical (unpaired) electrons. The lowest BCUT2D eigenvalue weighted by Gasteiger charge is -2.01. The molecule has 0 aliphatic heterocycles. The number of nitrogens with one attached hydrogen (secondary N) is 1. The third-order valence-corrected chi connectivity index (χ3v) is 3.03.